The Morgan fingerprint density at radius 1 is 1.04 bits per heavy atom. The van der Waals surface area contributed by atoms with Crippen LogP contribution in [0.4, 0.5) is 13.2 Å². The molecule has 0 heterocycles. The number of hydrogen-bond donors (Lipinski definition) is 1. The smallest absolute Gasteiger partial charge is 0.416 e. The molecule has 6 nitrogen and oxygen atoms in total. The van der Waals surface area contributed by atoms with E-state index in [2.05, 4.69) is 9.47 Å². The predicted molar refractivity (Wildman–Crippen MR) is 91.5 cm³/mol. The second-order valence-corrected chi connectivity index (χ2v) is 5.37. The van der Waals surface area contributed by atoms with Gasteiger partial charge in [-0.1, -0.05) is 18.2 Å². The van der Waals surface area contributed by atoms with Crippen LogP contribution in [0.15, 0.2) is 48.2 Å². The van der Waals surface area contributed by atoms with E-state index in [0.29, 0.717) is 0 Å². The van der Waals surface area contributed by atoms with Gasteiger partial charge in [-0.25, -0.2) is 9.59 Å². The number of phenols is 1. The lowest BCUT2D eigenvalue weighted by Gasteiger charge is -2.12. The molecule has 0 unspecified atom stereocenters. The van der Waals surface area contributed by atoms with Crippen molar-refractivity contribution in [2.24, 2.45) is 0 Å². The Balaban J connectivity index is 2.45. The number of carbonyl (C=O) groups excluding carboxylic acids is 2. The second-order valence-electron chi connectivity index (χ2n) is 5.37. The molecular weight excluding hydrogens is 381 g/mol. The van der Waals surface area contributed by atoms with E-state index >= 15 is 0 Å². The van der Waals surface area contributed by atoms with Gasteiger partial charge < -0.3 is 19.3 Å². The SMILES string of the molecule is COC(=O)/C(=C/c1cccc(C(F)(F)F)c1)Oc1cccc(C(=O)OC)c1O. The van der Waals surface area contributed by atoms with Crippen LogP contribution in [-0.4, -0.2) is 31.3 Å². The van der Waals surface area contributed by atoms with Gasteiger partial charge in [0, 0.05) is 0 Å². The highest BCUT2D eigenvalue weighted by molar-refractivity contribution is 5.94. The van der Waals surface area contributed by atoms with Crippen LogP contribution in [0, 0.1) is 0 Å². The monoisotopic (exact) mass is 396 g/mol. The maximum atomic E-state index is 12.9. The quantitative estimate of drug-likeness (QED) is 0.471. The highest BCUT2D eigenvalue weighted by Gasteiger charge is 2.30. The third kappa shape index (κ3) is 4.81. The van der Waals surface area contributed by atoms with E-state index in [-0.39, 0.29) is 16.9 Å². The lowest BCUT2D eigenvalue weighted by atomic mass is 10.1. The van der Waals surface area contributed by atoms with Crippen LogP contribution in [0.25, 0.3) is 6.08 Å². The lowest BCUT2D eigenvalue weighted by Crippen LogP contribution is -2.12. The third-order valence-electron chi connectivity index (χ3n) is 3.52. The molecule has 28 heavy (non-hydrogen) atoms. The van der Waals surface area contributed by atoms with E-state index in [1.54, 1.807) is 0 Å². The number of rotatable bonds is 5. The number of carbonyl (C=O) groups is 2. The summed E-state index contributed by atoms with van der Waals surface area (Å²) in [4.78, 5) is 23.6. The van der Waals surface area contributed by atoms with Crippen LogP contribution in [0.5, 0.6) is 11.5 Å². The fourth-order valence-corrected chi connectivity index (χ4v) is 2.18. The first-order valence-electron chi connectivity index (χ1n) is 7.72. The summed E-state index contributed by atoms with van der Waals surface area (Å²) in [5.74, 6) is -3.23. The molecule has 0 amide bonds. The van der Waals surface area contributed by atoms with Gasteiger partial charge in [-0.15, -0.1) is 0 Å². The van der Waals surface area contributed by atoms with Gasteiger partial charge in [0.2, 0.25) is 5.76 Å². The van der Waals surface area contributed by atoms with E-state index in [4.69, 9.17) is 4.74 Å². The standard InChI is InChI=1S/C19H15F3O6/c1-26-17(24)13-7-4-8-14(16(13)23)28-15(18(25)27-2)10-11-5-3-6-12(9-11)19(20,21)22/h3-10,23H,1-2H3/b15-10-. The maximum absolute atomic E-state index is 12.9. The van der Waals surface area contributed by atoms with Gasteiger partial charge in [0.1, 0.15) is 5.56 Å². The van der Waals surface area contributed by atoms with Gasteiger partial charge in [-0.05, 0) is 35.9 Å². The molecule has 0 fully saturated rings. The Kier molecular flexibility index (Phi) is 6.29. The van der Waals surface area contributed by atoms with E-state index in [1.807, 2.05) is 0 Å². The fraction of sp³-hybridized carbons (Fsp3) is 0.158. The van der Waals surface area contributed by atoms with E-state index in [0.717, 1.165) is 32.4 Å². The molecule has 2 aromatic rings. The molecule has 0 atom stereocenters. The first-order chi connectivity index (χ1) is 13.2. The van der Waals surface area contributed by atoms with Gasteiger partial charge in [0.05, 0.1) is 19.8 Å². The lowest BCUT2D eigenvalue weighted by molar-refractivity contribution is -0.138. The second kappa shape index (κ2) is 8.47. The van der Waals surface area contributed by atoms with Crippen molar-refractivity contribution in [3.63, 3.8) is 0 Å². The zero-order valence-corrected chi connectivity index (χ0v) is 14.7. The number of halogens is 3. The van der Waals surface area contributed by atoms with Crippen molar-refractivity contribution in [1.29, 1.82) is 0 Å². The summed E-state index contributed by atoms with van der Waals surface area (Å²) in [5.41, 5.74) is -1.12. The van der Waals surface area contributed by atoms with Gasteiger partial charge in [0.15, 0.2) is 11.5 Å². The number of phenolic OH excluding ortho intramolecular Hbond substituents is 1. The number of hydrogen-bond acceptors (Lipinski definition) is 6. The minimum absolute atomic E-state index is 0.0128. The highest BCUT2D eigenvalue weighted by atomic mass is 19.4. The number of ether oxygens (including phenoxy) is 3. The molecule has 0 aromatic heterocycles. The zero-order chi connectivity index (χ0) is 20.9. The number of esters is 2. The van der Waals surface area contributed by atoms with Crippen LogP contribution in [0.1, 0.15) is 21.5 Å². The van der Waals surface area contributed by atoms with E-state index in [9.17, 15) is 27.9 Å². The van der Waals surface area contributed by atoms with Crippen molar-refractivity contribution in [3.8, 4) is 11.5 Å². The third-order valence-corrected chi connectivity index (χ3v) is 3.52. The van der Waals surface area contributed by atoms with Gasteiger partial charge >= 0.3 is 18.1 Å². The van der Waals surface area contributed by atoms with Crippen molar-refractivity contribution in [2.75, 3.05) is 14.2 Å². The summed E-state index contributed by atoms with van der Waals surface area (Å²) in [5, 5.41) is 10.2. The Labute approximate surface area is 157 Å². The molecular formula is C19H15F3O6. The molecule has 0 radical (unpaired) electrons. The summed E-state index contributed by atoms with van der Waals surface area (Å²) >= 11 is 0. The Morgan fingerprint density at radius 3 is 2.32 bits per heavy atom. The Morgan fingerprint density at radius 2 is 1.71 bits per heavy atom. The summed E-state index contributed by atoms with van der Waals surface area (Å²) in [6.07, 6.45) is -3.55. The summed E-state index contributed by atoms with van der Waals surface area (Å²) in [6.45, 7) is 0. The van der Waals surface area contributed by atoms with E-state index in [1.165, 1.54) is 30.3 Å². The van der Waals surface area contributed by atoms with E-state index < -0.39 is 35.2 Å². The molecule has 0 spiro atoms. The molecule has 0 bridgehead atoms. The number of alkyl halides is 3. The van der Waals surface area contributed by atoms with Crippen molar-refractivity contribution < 1.29 is 42.1 Å². The topological polar surface area (TPSA) is 82.1 Å². The first kappa shape index (κ1) is 20.8. The number of aromatic hydroxyl groups is 1. The molecule has 0 aliphatic carbocycles. The van der Waals surface area contributed by atoms with Crippen molar-refractivity contribution in [2.45, 2.75) is 6.18 Å². The van der Waals surface area contributed by atoms with Gasteiger partial charge in [-0.3, -0.25) is 0 Å². The number of benzene rings is 2. The fourth-order valence-electron chi connectivity index (χ4n) is 2.18. The zero-order valence-electron chi connectivity index (χ0n) is 14.7. The predicted octanol–water partition coefficient (Wildman–Crippen LogP) is 3.79. The summed E-state index contributed by atoms with van der Waals surface area (Å²) < 4.78 is 53.0. The van der Waals surface area contributed by atoms with Crippen molar-refractivity contribution in [3.05, 3.63) is 64.9 Å². The van der Waals surface area contributed by atoms with Crippen LogP contribution in [0.3, 0.4) is 0 Å². The van der Waals surface area contributed by atoms with Gasteiger partial charge in [-0.2, -0.15) is 13.2 Å². The van der Waals surface area contributed by atoms with Crippen LogP contribution < -0.4 is 4.74 Å². The molecule has 2 aromatic carbocycles. The minimum atomic E-state index is -4.57. The molecule has 2 rings (SSSR count). The molecule has 1 N–H and O–H groups in total. The molecule has 0 aliphatic rings. The number of methoxy groups -OCH3 is 2. The minimum Gasteiger partial charge on any atom is -0.504 e. The molecule has 9 heteroatoms. The van der Waals surface area contributed by atoms with Crippen molar-refractivity contribution >= 4 is 18.0 Å². The highest BCUT2D eigenvalue weighted by Crippen LogP contribution is 2.33. The number of para-hydroxylation sites is 1. The molecule has 0 saturated carbocycles. The van der Waals surface area contributed by atoms with Gasteiger partial charge in [0.25, 0.3) is 0 Å². The first-order valence-corrected chi connectivity index (χ1v) is 7.72. The summed E-state index contributed by atoms with van der Waals surface area (Å²) in [6, 6.07) is 8.07. The van der Waals surface area contributed by atoms with Crippen LogP contribution in [0.2, 0.25) is 0 Å². The Hall–Kier alpha value is -3.49. The average Bonchev–Trinajstić information content (AvgIpc) is 2.67. The van der Waals surface area contributed by atoms with Crippen LogP contribution >= 0.6 is 0 Å². The van der Waals surface area contributed by atoms with Crippen LogP contribution in [-0.2, 0) is 20.4 Å². The maximum Gasteiger partial charge on any atom is 0.416 e. The Bertz CT molecular complexity index is 918. The molecule has 0 saturated heterocycles. The summed E-state index contributed by atoms with van der Waals surface area (Å²) in [7, 11) is 2.17. The van der Waals surface area contributed by atoms with Crippen molar-refractivity contribution in [1.82, 2.24) is 0 Å². The molecule has 148 valence electrons. The normalized spacial score (nSPS) is 11.7. The largest absolute Gasteiger partial charge is 0.504 e. The molecule has 0 aliphatic heterocycles. The average molecular weight is 396 g/mol.